The third kappa shape index (κ3) is 6.18. The normalized spacial score (nSPS) is 12.0. The molecular weight excluding hydrogens is 509 g/mol. The lowest BCUT2D eigenvalue weighted by molar-refractivity contribution is -0.137. The average Bonchev–Trinajstić information content (AvgIpc) is 2.75. The molecule has 3 rings (SSSR count). The van der Waals surface area contributed by atoms with Crippen molar-refractivity contribution < 1.29 is 26.4 Å². The van der Waals surface area contributed by atoms with Crippen LogP contribution in [0.1, 0.15) is 11.1 Å². The highest BCUT2D eigenvalue weighted by atomic mass is 79.9. The molecule has 0 aromatic heterocycles. The Balaban J connectivity index is 1.81. The molecule has 0 aliphatic rings. The minimum Gasteiger partial charge on any atom is -0.325 e. The van der Waals surface area contributed by atoms with E-state index in [0.29, 0.717) is 5.56 Å². The zero-order valence-electron chi connectivity index (χ0n) is 16.5. The Labute approximate surface area is 192 Å². The second-order valence-corrected chi connectivity index (χ2v) is 9.69. The second kappa shape index (κ2) is 9.85. The van der Waals surface area contributed by atoms with Gasteiger partial charge in [0.15, 0.2) is 0 Å². The Morgan fingerprint density at radius 1 is 0.906 bits per heavy atom. The Morgan fingerprint density at radius 2 is 1.50 bits per heavy atom. The van der Waals surface area contributed by atoms with E-state index in [0.717, 1.165) is 33.0 Å². The highest BCUT2D eigenvalue weighted by molar-refractivity contribution is 9.10. The predicted octanol–water partition coefficient (Wildman–Crippen LogP) is 5.30. The van der Waals surface area contributed by atoms with Gasteiger partial charge in [-0.1, -0.05) is 46.3 Å². The van der Waals surface area contributed by atoms with Crippen LogP contribution in [0, 0.1) is 0 Å². The number of carbonyl (C=O) groups excluding carboxylic acids is 1. The summed E-state index contributed by atoms with van der Waals surface area (Å²) in [5.41, 5.74) is -0.0576. The van der Waals surface area contributed by atoms with Gasteiger partial charge in [0, 0.05) is 16.7 Å². The Kier molecular flexibility index (Phi) is 7.37. The number of benzene rings is 3. The molecule has 0 radical (unpaired) electrons. The van der Waals surface area contributed by atoms with Gasteiger partial charge in [0.1, 0.15) is 0 Å². The van der Waals surface area contributed by atoms with Crippen molar-refractivity contribution in [2.24, 2.45) is 0 Å². The SMILES string of the molecule is O=C(CN(Cc1ccc(Br)cc1)S(=O)(=O)c1ccccc1)Nc1ccc(C(F)(F)F)cc1. The number of halogens is 4. The molecule has 0 aliphatic carbocycles. The van der Waals surface area contributed by atoms with Gasteiger partial charge in [0.05, 0.1) is 17.0 Å². The molecular formula is C22H18BrF3N2O3S. The van der Waals surface area contributed by atoms with Crippen LogP contribution in [0.2, 0.25) is 0 Å². The molecule has 0 heterocycles. The number of nitrogens with zero attached hydrogens (tertiary/aromatic N) is 1. The van der Waals surface area contributed by atoms with Crippen LogP contribution in [0.5, 0.6) is 0 Å². The molecule has 0 bridgehead atoms. The summed E-state index contributed by atoms with van der Waals surface area (Å²) in [7, 11) is -4.01. The van der Waals surface area contributed by atoms with Crippen LogP contribution in [0.15, 0.2) is 88.2 Å². The zero-order chi connectivity index (χ0) is 23.4. The third-order valence-electron chi connectivity index (χ3n) is 4.47. The van der Waals surface area contributed by atoms with E-state index in [9.17, 15) is 26.4 Å². The summed E-state index contributed by atoms with van der Waals surface area (Å²) in [5.74, 6) is -0.679. The van der Waals surface area contributed by atoms with Crippen LogP contribution in [0.25, 0.3) is 0 Å². The molecule has 168 valence electrons. The van der Waals surface area contributed by atoms with E-state index in [4.69, 9.17) is 0 Å². The van der Waals surface area contributed by atoms with Crippen molar-refractivity contribution in [1.82, 2.24) is 4.31 Å². The molecule has 10 heteroatoms. The number of rotatable bonds is 7. The van der Waals surface area contributed by atoms with E-state index in [-0.39, 0.29) is 17.1 Å². The van der Waals surface area contributed by atoms with Crippen LogP contribution < -0.4 is 5.32 Å². The van der Waals surface area contributed by atoms with E-state index in [1.54, 1.807) is 42.5 Å². The largest absolute Gasteiger partial charge is 0.416 e. The number of nitrogens with one attached hydrogen (secondary N) is 1. The topological polar surface area (TPSA) is 66.5 Å². The lowest BCUT2D eigenvalue weighted by atomic mass is 10.2. The minimum atomic E-state index is -4.49. The smallest absolute Gasteiger partial charge is 0.325 e. The standard InChI is InChI=1S/C22H18BrF3N2O3S/c23-18-10-6-16(7-11-18)14-28(32(30,31)20-4-2-1-3-5-20)15-21(29)27-19-12-8-17(9-13-19)22(24,25)26/h1-13H,14-15H2,(H,27,29). The molecule has 0 saturated carbocycles. The third-order valence-corrected chi connectivity index (χ3v) is 6.80. The van der Waals surface area contributed by atoms with Crippen LogP contribution in [-0.2, 0) is 27.5 Å². The molecule has 5 nitrogen and oxygen atoms in total. The summed E-state index contributed by atoms with van der Waals surface area (Å²) in [5, 5.41) is 2.45. The fraction of sp³-hybridized carbons (Fsp3) is 0.136. The monoisotopic (exact) mass is 526 g/mol. The summed E-state index contributed by atoms with van der Waals surface area (Å²) in [4.78, 5) is 12.6. The van der Waals surface area contributed by atoms with Crippen molar-refractivity contribution >= 4 is 37.5 Å². The van der Waals surface area contributed by atoms with Gasteiger partial charge in [-0.2, -0.15) is 17.5 Å². The molecule has 0 atom stereocenters. The van der Waals surface area contributed by atoms with Gasteiger partial charge in [-0.15, -0.1) is 0 Å². The molecule has 0 unspecified atom stereocenters. The molecule has 0 aliphatic heterocycles. The zero-order valence-corrected chi connectivity index (χ0v) is 18.9. The lowest BCUT2D eigenvalue weighted by Gasteiger charge is -2.22. The van der Waals surface area contributed by atoms with Gasteiger partial charge in [-0.3, -0.25) is 4.79 Å². The molecule has 1 amide bonds. The van der Waals surface area contributed by atoms with Gasteiger partial charge in [0.25, 0.3) is 0 Å². The first-order chi connectivity index (χ1) is 15.1. The number of alkyl halides is 3. The molecule has 32 heavy (non-hydrogen) atoms. The maximum Gasteiger partial charge on any atom is 0.416 e. The molecule has 0 spiro atoms. The van der Waals surface area contributed by atoms with Crippen LogP contribution in [0.3, 0.4) is 0 Å². The summed E-state index contributed by atoms with van der Waals surface area (Å²) >= 11 is 3.32. The van der Waals surface area contributed by atoms with E-state index < -0.39 is 34.2 Å². The average molecular weight is 527 g/mol. The quantitative estimate of drug-likeness (QED) is 0.454. The Hall–Kier alpha value is -2.69. The van der Waals surface area contributed by atoms with E-state index in [1.165, 1.54) is 12.1 Å². The molecule has 3 aromatic rings. The first-order valence-electron chi connectivity index (χ1n) is 9.32. The summed E-state index contributed by atoms with van der Waals surface area (Å²) < 4.78 is 66.3. The number of carbonyl (C=O) groups is 1. The van der Waals surface area contributed by atoms with Crippen LogP contribution in [-0.4, -0.2) is 25.2 Å². The van der Waals surface area contributed by atoms with Crippen molar-refractivity contribution in [3.05, 3.63) is 94.5 Å². The van der Waals surface area contributed by atoms with E-state index >= 15 is 0 Å². The van der Waals surface area contributed by atoms with Gasteiger partial charge in [-0.05, 0) is 54.1 Å². The highest BCUT2D eigenvalue weighted by Crippen LogP contribution is 2.30. The van der Waals surface area contributed by atoms with Crippen LogP contribution >= 0.6 is 15.9 Å². The number of hydrogen-bond donors (Lipinski definition) is 1. The van der Waals surface area contributed by atoms with Gasteiger partial charge in [0.2, 0.25) is 15.9 Å². The lowest BCUT2D eigenvalue weighted by Crippen LogP contribution is -2.37. The maximum atomic E-state index is 13.2. The predicted molar refractivity (Wildman–Crippen MR) is 118 cm³/mol. The number of hydrogen-bond acceptors (Lipinski definition) is 3. The van der Waals surface area contributed by atoms with E-state index in [1.807, 2.05) is 0 Å². The number of anilines is 1. The van der Waals surface area contributed by atoms with Crippen molar-refractivity contribution in [3.63, 3.8) is 0 Å². The second-order valence-electron chi connectivity index (χ2n) is 6.84. The number of sulfonamides is 1. The number of amides is 1. The fourth-order valence-corrected chi connectivity index (χ4v) is 4.53. The van der Waals surface area contributed by atoms with Crippen molar-refractivity contribution in [2.45, 2.75) is 17.6 Å². The Bertz CT molecular complexity index is 1170. The first kappa shape index (κ1) is 24.0. The van der Waals surface area contributed by atoms with Gasteiger partial charge in [-0.25, -0.2) is 8.42 Å². The Morgan fingerprint density at radius 3 is 2.06 bits per heavy atom. The van der Waals surface area contributed by atoms with E-state index in [2.05, 4.69) is 21.2 Å². The summed E-state index contributed by atoms with van der Waals surface area (Å²) in [6.07, 6.45) is -4.49. The van der Waals surface area contributed by atoms with Crippen molar-refractivity contribution in [3.8, 4) is 0 Å². The highest BCUT2D eigenvalue weighted by Gasteiger charge is 2.30. The molecule has 0 fully saturated rings. The van der Waals surface area contributed by atoms with Crippen molar-refractivity contribution in [1.29, 1.82) is 0 Å². The van der Waals surface area contributed by atoms with Gasteiger partial charge < -0.3 is 5.32 Å². The fourth-order valence-electron chi connectivity index (χ4n) is 2.86. The summed E-state index contributed by atoms with van der Waals surface area (Å²) in [6.45, 7) is -0.584. The first-order valence-corrected chi connectivity index (χ1v) is 11.6. The van der Waals surface area contributed by atoms with Gasteiger partial charge >= 0.3 is 6.18 Å². The van der Waals surface area contributed by atoms with Crippen LogP contribution in [0.4, 0.5) is 18.9 Å². The van der Waals surface area contributed by atoms with Crippen molar-refractivity contribution in [2.75, 3.05) is 11.9 Å². The molecule has 1 N–H and O–H groups in total. The molecule has 0 saturated heterocycles. The summed E-state index contributed by atoms with van der Waals surface area (Å²) in [6, 6.07) is 18.6. The minimum absolute atomic E-state index is 0.0273. The maximum absolute atomic E-state index is 13.2. The molecule has 3 aromatic carbocycles.